The van der Waals surface area contributed by atoms with Crippen LogP contribution < -0.4 is 5.48 Å². The Morgan fingerprint density at radius 1 is 1.22 bits per heavy atom. The molecule has 122 valence electrons. The molecule has 0 aliphatic heterocycles. The van der Waals surface area contributed by atoms with E-state index in [1.54, 1.807) is 4.68 Å². The second-order valence-corrected chi connectivity index (χ2v) is 5.98. The fraction of sp³-hybridized carbons (Fsp3) is 0.471. The SMILES string of the molecule is O=C(Cn1cc(C2CCCCC2)nn1)NOCc1ccccc1. The minimum Gasteiger partial charge on any atom is -0.271 e. The van der Waals surface area contributed by atoms with E-state index >= 15 is 0 Å². The van der Waals surface area contributed by atoms with Crippen molar-refractivity contribution in [3.63, 3.8) is 0 Å². The summed E-state index contributed by atoms with van der Waals surface area (Å²) in [5.41, 5.74) is 4.45. The summed E-state index contributed by atoms with van der Waals surface area (Å²) in [7, 11) is 0. The fourth-order valence-corrected chi connectivity index (χ4v) is 2.93. The Labute approximate surface area is 135 Å². The maximum atomic E-state index is 11.9. The van der Waals surface area contributed by atoms with Crippen molar-refractivity contribution in [2.45, 2.75) is 51.2 Å². The highest BCUT2D eigenvalue weighted by Crippen LogP contribution is 2.30. The summed E-state index contributed by atoms with van der Waals surface area (Å²) in [6.07, 6.45) is 8.05. The van der Waals surface area contributed by atoms with Crippen LogP contribution in [0.1, 0.15) is 49.3 Å². The van der Waals surface area contributed by atoms with Crippen LogP contribution in [-0.2, 0) is 22.8 Å². The zero-order valence-electron chi connectivity index (χ0n) is 13.1. The lowest BCUT2D eigenvalue weighted by Gasteiger charge is -2.18. The molecule has 1 heterocycles. The van der Waals surface area contributed by atoms with Crippen molar-refractivity contribution in [1.82, 2.24) is 20.5 Å². The van der Waals surface area contributed by atoms with Gasteiger partial charge < -0.3 is 0 Å². The van der Waals surface area contributed by atoms with Crippen molar-refractivity contribution >= 4 is 5.91 Å². The number of carbonyl (C=O) groups excluding carboxylic acids is 1. The number of hydrogen-bond donors (Lipinski definition) is 1. The second-order valence-electron chi connectivity index (χ2n) is 5.98. The van der Waals surface area contributed by atoms with Gasteiger partial charge in [0.25, 0.3) is 5.91 Å². The molecule has 6 nitrogen and oxygen atoms in total. The number of nitrogens with one attached hydrogen (secondary N) is 1. The van der Waals surface area contributed by atoms with E-state index in [9.17, 15) is 4.79 Å². The summed E-state index contributed by atoms with van der Waals surface area (Å²) >= 11 is 0. The van der Waals surface area contributed by atoms with Crippen molar-refractivity contribution in [1.29, 1.82) is 0 Å². The number of benzene rings is 1. The molecule has 6 heteroatoms. The molecule has 1 saturated carbocycles. The van der Waals surface area contributed by atoms with Crippen LogP contribution in [0.4, 0.5) is 0 Å². The van der Waals surface area contributed by atoms with Crippen LogP contribution in [-0.4, -0.2) is 20.9 Å². The summed E-state index contributed by atoms with van der Waals surface area (Å²) in [5.74, 6) is 0.260. The Morgan fingerprint density at radius 3 is 2.78 bits per heavy atom. The van der Waals surface area contributed by atoms with Crippen LogP contribution in [0.2, 0.25) is 0 Å². The molecule has 1 fully saturated rings. The topological polar surface area (TPSA) is 69.0 Å². The van der Waals surface area contributed by atoms with Gasteiger partial charge in [0.15, 0.2) is 0 Å². The van der Waals surface area contributed by atoms with Crippen molar-refractivity contribution in [3.05, 3.63) is 47.8 Å². The Morgan fingerprint density at radius 2 is 2.00 bits per heavy atom. The third-order valence-corrected chi connectivity index (χ3v) is 4.15. The number of aromatic nitrogens is 3. The van der Waals surface area contributed by atoms with Gasteiger partial charge in [0, 0.05) is 12.1 Å². The number of amides is 1. The first-order chi connectivity index (χ1) is 11.3. The molecular formula is C17H22N4O2. The molecule has 3 rings (SSSR count). The summed E-state index contributed by atoms with van der Waals surface area (Å²) in [6.45, 7) is 0.464. The minimum absolute atomic E-state index is 0.120. The van der Waals surface area contributed by atoms with Gasteiger partial charge in [-0.25, -0.2) is 10.2 Å². The monoisotopic (exact) mass is 314 g/mol. The van der Waals surface area contributed by atoms with Gasteiger partial charge in [0.2, 0.25) is 0 Å². The largest absolute Gasteiger partial charge is 0.271 e. The zero-order valence-corrected chi connectivity index (χ0v) is 13.1. The molecular weight excluding hydrogens is 292 g/mol. The Balaban J connectivity index is 1.43. The standard InChI is InChI=1S/C17H22N4O2/c22-17(19-23-13-14-7-3-1-4-8-14)12-21-11-16(18-20-21)15-9-5-2-6-10-15/h1,3-4,7-8,11,15H,2,5-6,9-10,12-13H2,(H,19,22). The van der Waals surface area contributed by atoms with E-state index in [1.165, 1.54) is 32.1 Å². The van der Waals surface area contributed by atoms with Gasteiger partial charge in [-0.15, -0.1) is 5.10 Å². The molecule has 2 aromatic rings. The molecule has 1 amide bonds. The van der Waals surface area contributed by atoms with Crippen LogP contribution in [0.25, 0.3) is 0 Å². The summed E-state index contributed by atoms with van der Waals surface area (Å²) in [5, 5.41) is 8.26. The van der Waals surface area contributed by atoms with Crippen molar-refractivity contribution < 1.29 is 9.63 Å². The van der Waals surface area contributed by atoms with Crippen molar-refractivity contribution in [2.24, 2.45) is 0 Å². The fourth-order valence-electron chi connectivity index (χ4n) is 2.93. The van der Waals surface area contributed by atoms with E-state index in [2.05, 4.69) is 15.8 Å². The van der Waals surface area contributed by atoms with Crippen LogP contribution in [0, 0.1) is 0 Å². The average molecular weight is 314 g/mol. The number of hydroxylamine groups is 1. The normalized spacial score (nSPS) is 15.5. The lowest BCUT2D eigenvalue weighted by Crippen LogP contribution is -2.27. The van der Waals surface area contributed by atoms with Gasteiger partial charge in [0.05, 0.1) is 12.3 Å². The minimum atomic E-state index is -0.235. The Hall–Kier alpha value is -2.21. The molecule has 1 aromatic carbocycles. The summed E-state index contributed by atoms with van der Waals surface area (Å²) in [4.78, 5) is 17.1. The number of rotatable bonds is 6. The predicted molar refractivity (Wildman–Crippen MR) is 85.2 cm³/mol. The van der Waals surface area contributed by atoms with E-state index in [1.807, 2.05) is 36.5 Å². The Bertz CT molecular complexity index is 621. The van der Waals surface area contributed by atoms with Gasteiger partial charge in [-0.1, -0.05) is 54.8 Å². The molecule has 1 aliphatic carbocycles. The molecule has 1 aromatic heterocycles. The number of hydrogen-bond acceptors (Lipinski definition) is 4. The van der Waals surface area contributed by atoms with Crippen LogP contribution in [0.5, 0.6) is 0 Å². The first-order valence-electron chi connectivity index (χ1n) is 8.16. The smallest absolute Gasteiger partial charge is 0.265 e. The maximum absolute atomic E-state index is 11.9. The van der Waals surface area contributed by atoms with E-state index in [0.717, 1.165) is 11.3 Å². The lowest BCUT2D eigenvalue weighted by atomic mass is 9.87. The molecule has 0 atom stereocenters. The van der Waals surface area contributed by atoms with Gasteiger partial charge in [0.1, 0.15) is 6.54 Å². The van der Waals surface area contributed by atoms with Crippen LogP contribution in [0.15, 0.2) is 36.5 Å². The second kappa shape index (κ2) is 7.87. The Kier molecular flexibility index (Phi) is 5.37. The maximum Gasteiger partial charge on any atom is 0.265 e. The van der Waals surface area contributed by atoms with E-state index < -0.39 is 0 Å². The molecule has 1 N–H and O–H groups in total. The highest BCUT2D eigenvalue weighted by atomic mass is 16.6. The highest BCUT2D eigenvalue weighted by Gasteiger charge is 2.18. The van der Waals surface area contributed by atoms with E-state index in [4.69, 9.17) is 4.84 Å². The molecule has 0 radical (unpaired) electrons. The molecule has 0 unspecified atom stereocenters. The average Bonchev–Trinajstić information content (AvgIpc) is 3.05. The van der Waals surface area contributed by atoms with Gasteiger partial charge in [-0.3, -0.25) is 9.63 Å². The first-order valence-corrected chi connectivity index (χ1v) is 8.16. The third kappa shape index (κ3) is 4.63. The van der Waals surface area contributed by atoms with Gasteiger partial charge in [-0.2, -0.15) is 0 Å². The summed E-state index contributed by atoms with van der Waals surface area (Å²) < 4.78 is 1.57. The molecule has 0 bridgehead atoms. The summed E-state index contributed by atoms with van der Waals surface area (Å²) in [6, 6.07) is 9.70. The molecule has 23 heavy (non-hydrogen) atoms. The molecule has 0 saturated heterocycles. The molecule has 1 aliphatic rings. The first kappa shape index (κ1) is 15.7. The zero-order chi connectivity index (χ0) is 15.9. The quantitative estimate of drug-likeness (QED) is 0.832. The predicted octanol–water partition coefficient (Wildman–Crippen LogP) is 2.57. The van der Waals surface area contributed by atoms with E-state index in [-0.39, 0.29) is 12.5 Å². The van der Waals surface area contributed by atoms with Crippen LogP contribution >= 0.6 is 0 Å². The lowest BCUT2D eigenvalue weighted by molar-refractivity contribution is -0.135. The third-order valence-electron chi connectivity index (χ3n) is 4.15. The molecule has 0 spiro atoms. The highest BCUT2D eigenvalue weighted by molar-refractivity contribution is 5.74. The van der Waals surface area contributed by atoms with Gasteiger partial charge >= 0.3 is 0 Å². The van der Waals surface area contributed by atoms with Crippen molar-refractivity contribution in [3.8, 4) is 0 Å². The number of nitrogens with zero attached hydrogens (tertiary/aromatic N) is 3. The van der Waals surface area contributed by atoms with E-state index in [0.29, 0.717) is 12.5 Å². The number of carbonyl (C=O) groups is 1. The van der Waals surface area contributed by atoms with Gasteiger partial charge in [-0.05, 0) is 18.4 Å². The van der Waals surface area contributed by atoms with Crippen molar-refractivity contribution in [2.75, 3.05) is 0 Å². The van der Waals surface area contributed by atoms with Crippen LogP contribution in [0.3, 0.4) is 0 Å².